The van der Waals surface area contributed by atoms with E-state index < -0.39 is 0 Å². The second kappa shape index (κ2) is 3.75. The molecule has 1 aromatic heterocycles. The van der Waals surface area contributed by atoms with E-state index >= 15 is 0 Å². The van der Waals surface area contributed by atoms with Crippen LogP contribution < -0.4 is 5.73 Å². The van der Waals surface area contributed by atoms with Gasteiger partial charge in [-0.05, 0) is 26.8 Å². The predicted octanol–water partition coefficient (Wildman–Crippen LogP) is 1.79. The molecule has 1 rings (SSSR count). The van der Waals surface area contributed by atoms with Crippen LogP contribution in [0, 0.1) is 6.92 Å². The van der Waals surface area contributed by atoms with Crippen molar-refractivity contribution in [3.8, 4) is 0 Å². The van der Waals surface area contributed by atoms with Crippen molar-refractivity contribution in [3.05, 3.63) is 29.6 Å². The minimum atomic E-state index is -0.0962. The highest BCUT2D eigenvalue weighted by molar-refractivity contribution is 5.20. The Labute approximate surface area is 79.2 Å². The molecular formula is C10H17N3. The average Bonchev–Trinajstić information content (AvgIpc) is 2.45. The third-order valence-electron chi connectivity index (χ3n) is 2.08. The van der Waals surface area contributed by atoms with Crippen LogP contribution in [-0.2, 0) is 6.54 Å². The Morgan fingerprint density at radius 1 is 1.77 bits per heavy atom. The second-order valence-corrected chi connectivity index (χ2v) is 3.35. The smallest absolute Gasteiger partial charge is 0.0677 e. The SMILES string of the molecule is C=C(C)C(N)c1cc(C)nn1CC. The van der Waals surface area contributed by atoms with Crippen molar-refractivity contribution >= 4 is 0 Å². The van der Waals surface area contributed by atoms with Gasteiger partial charge in [0.15, 0.2) is 0 Å². The zero-order chi connectivity index (χ0) is 10.0. The highest BCUT2D eigenvalue weighted by Crippen LogP contribution is 2.17. The quantitative estimate of drug-likeness (QED) is 0.719. The Balaban J connectivity index is 3.05. The molecule has 0 bridgehead atoms. The average molecular weight is 179 g/mol. The number of aryl methyl sites for hydroxylation is 2. The molecule has 0 aliphatic carbocycles. The lowest BCUT2D eigenvalue weighted by Crippen LogP contribution is -2.16. The summed E-state index contributed by atoms with van der Waals surface area (Å²) in [6.45, 7) is 10.7. The van der Waals surface area contributed by atoms with Gasteiger partial charge in [0, 0.05) is 6.54 Å². The molecule has 0 aromatic carbocycles. The van der Waals surface area contributed by atoms with E-state index in [9.17, 15) is 0 Å². The van der Waals surface area contributed by atoms with Crippen LogP contribution in [0.15, 0.2) is 18.2 Å². The normalized spacial score (nSPS) is 12.9. The van der Waals surface area contributed by atoms with Gasteiger partial charge in [0.05, 0.1) is 17.4 Å². The molecule has 0 aliphatic heterocycles. The van der Waals surface area contributed by atoms with Crippen LogP contribution in [0.3, 0.4) is 0 Å². The minimum Gasteiger partial charge on any atom is -0.319 e. The summed E-state index contributed by atoms with van der Waals surface area (Å²) in [5.74, 6) is 0. The van der Waals surface area contributed by atoms with Crippen molar-refractivity contribution in [2.45, 2.75) is 33.4 Å². The Morgan fingerprint density at radius 2 is 2.38 bits per heavy atom. The van der Waals surface area contributed by atoms with Crippen molar-refractivity contribution in [3.63, 3.8) is 0 Å². The van der Waals surface area contributed by atoms with Crippen molar-refractivity contribution in [2.24, 2.45) is 5.73 Å². The summed E-state index contributed by atoms with van der Waals surface area (Å²) in [6.07, 6.45) is 0. The summed E-state index contributed by atoms with van der Waals surface area (Å²) in [5.41, 5.74) is 8.99. The van der Waals surface area contributed by atoms with E-state index in [1.807, 2.05) is 24.6 Å². The van der Waals surface area contributed by atoms with E-state index in [1.165, 1.54) is 0 Å². The highest BCUT2D eigenvalue weighted by atomic mass is 15.3. The van der Waals surface area contributed by atoms with E-state index in [4.69, 9.17) is 5.73 Å². The third kappa shape index (κ3) is 1.98. The van der Waals surface area contributed by atoms with Gasteiger partial charge in [-0.15, -0.1) is 0 Å². The zero-order valence-corrected chi connectivity index (χ0v) is 8.54. The van der Waals surface area contributed by atoms with Crippen LogP contribution in [0.5, 0.6) is 0 Å². The molecule has 3 nitrogen and oxygen atoms in total. The van der Waals surface area contributed by atoms with Crippen LogP contribution in [0.4, 0.5) is 0 Å². The molecule has 2 N–H and O–H groups in total. The standard InChI is InChI=1S/C10H17N3/c1-5-13-9(6-8(4)12-13)10(11)7(2)3/h6,10H,2,5,11H2,1,3-4H3. The molecular weight excluding hydrogens is 162 g/mol. The summed E-state index contributed by atoms with van der Waals surface area (Å²) in [7, 11) is 0. The minimum absolute atomic E-state index is 0.0962. The first-order valence-electron chi connectivity index (χ1n) is 4.51. The first kappa shape index (κ1) is 9.99. The fourth-order valence-electron chi connectivity index (χ4n) is 1.32. The maximum Gasteiger partial charge on any atom is 0.0677 e. The lowest BCUT2D eigenvalue weighted by atomic mass is 10.1. The molecule has 1 unspecified atom stereocenters. The summed E-state index contributed by atoms with van der Waals surface area (Å²) in [6, 6.07) is 1.92. The van der Waals surface area contributed by atoms with Gasteiger partial charge in [0.25, 0.3) is 0 Å². The van der Waals surface area contributed by atoms with Crippen LogP contribution in [0.2, 0.25) is 0 Å². The molecule has 0 spiro atoms. The number of rotatable bonds is 3. The first-order chi connectivity index (χ1) is 6.06. The molecule has 0 saturated carbocycles. The summed E-state index contributed by atoms with van der Waals surface area (Å²) < 4.78 is 1.93. The Bertz CT molecular complexity index is 312. The lowest BCUT2D eigenvalue weighted by molar-refractivity contribution is 0.594. The molecule has 72 valence electrons. The number of aromatic nitrogens is 2. The van der Waals surface area contributed by atoms with Crippen LogP contribution in [0.25, 0.3) is 0 Å². The maximum absolute atomic E-state index is 5.97. The van der Waals surface area contributed by atoms with Gasteiger partial charge >= 0.3 is 0 Å². The number of hydrogen-bond donors (Lipinski definition) is 1. The van der Waals surface area contributed by atoms with E-state index in [2.05, 4.69) is 18.6 Å². The van der Waals surface area contributed by atoms with Gasteiger partial charge in [0.2, 0.25) is 0 Å². The van der Waals surface area contributed by atoms with Gasteiger partial charge in [0.1, 0.15) is 0 Å². The number of hydrogen-bond acceptors (Lipinski definition) is 2. The summed E-state index contributed by atoms with van der Waals surface area (Å²) in [4.78, 5) is 0. The molecule has 1 aromatic rings. The van der Waals surface area contributed by atoms with Crippen molar-refractivity contribution in [1.82, 2.24) is 9.78 Å². The largest absolute Gasteiger partial charge is 0.319 e. The van der Waals surface area contributed by atoms with Gasteiger partial charge in [-0.25, -0.2) is 0 Å². The number of nitrogens with two attached hydrogens (primary N) is 1. The van der Waals surface area contributed by atoms with Crippen molar-refractivity contribution < 1.29 is 0 Å². The zero-order valence-electron chi connectivity index (χ0n) is 8.54. The van der Waals surface area contributed by atoms with Crippen molar-refractivity contribution in [1.29, 1.82) is 0 Å². The lowest BCUT2D eigenvalue weighted by Gasteiger charge is -2.12. The molecule has 0 aliphatic rings. The van der Waals surface area contributed by atoms with Gasteiger partial charge < -0.3 is 5.73 Å². The molecule has 0 fully saturated rings. The first-order valence-corrected chi connectivity index (χ1v) is 4.51. The monoisotopic (exact) mass is 179 g/mol. The summed E-state index contributed by atoms with van der Waals surface area (Å²) >= 11 is 0. The second-order valence-electron chi connectivity index (χ2n) is 3.35. The van der Waals surface area contributed by atoms with Crippen LogP contribution in [0.1, 0.15) is 31.3 Å². The molecule has 0 radical (unpaired) electrons. The third-order valence-corrected chi connectivity index (χ3v) is 2.08. The Kier molecular flexibility index (Phi) is 2.88. The van der Waals surface area contributed by atoms with Crippen LogP contribution >= 0.6 is 0 Å². The van der Waals surface area contributed by atoms with Gasteiger partial charge in [-0.2, -0.15) is 5.10 Å². The van der Waals surface area contributed by atoms with Gasteiger partial charge in [-0.1, -0.05) is 12.2 Å². The topological polar surface area (TPSA) is 43.8 Å². The van der Waals surface area contributed by atoms with E-state index in [0.717, 1.165) is 23.5 Å². The van der Waals surface area contributed by atoms with Crippen molar-refractivity contribution in [2.75, 3.05) is 0 Å². The molecule has 1 heterocycles. The highest BCUT2D eigenvalue weighted by Gasteiger charge is 2.12. The molecule has 0 amide bonds. The van der Waals surface area contributed by atoms with E-state index in [-0.39, 0.29) is 6.04 Å². The molecule has 1 atom stereocenters. The fraction of sp³-hybridized carbons (Fsp3) is 0.500. The van der Waals surface area contributed by atoms with E-state index in [1.54, 1.807) is 0 Å². The number of nitrogens with zero attached hydrogens (tertiary/aromatic N) is 2. The van der Waals surface area contributed by atoms with Crippen LogP contribution in [-0.4, -0.2) is 9.78 Å². The molecule has 0 saturated heterocycles. The van der Waals surface area contributed by atoms with E-state index in [0.29, 0.717) is 0 Å². The van der Waals surface area contributed by atoms with Gasteiger partial charge in [-0.3, -0.25) is 4.68 Å². The maximum atomic E-state index is 5.97. The fourth-order valence-corrected chi connectivity index (χ4v) is 1.32. The Morgan fingerprint density at radius 3 is 2.85 bits per heavy atom. The Hall–Kier alpha value is -1.09. The predicted molar refractivity (Wildman–Crippen MR) is 54.4 cm³/mol. The summed E-state index contributed by atoms with van der Waals surface area (Å²) in [5, 5.41) is 4.33. The molecule has 13 heavy (non-hydrogen) atoms. The molecule has 3 heteroatoms.